The lowest BCUT2D eigenvalue weighted by molar-refractivity contribution is -0.117. The molecule has 6 rings (SSSR count). The molecule has 10 heteroatoms. The summed E-state index contributed by atoms with van der Waals surface area (Å²) in [6.45, 7) is 4.73. The smallest absolute Gasteiger partial charge is 0.246 e. The van der Waals surface area contributed by atoms with E-state index in [4.69, 9.17) is 20.4 Å². The van der Waals surface area contributed by atoms with Gasteiger partial charge in [0.05, 0.1) is 30.3 Å². The minimum absolute atomic E-state index is 0.0000869. The average molecular weight is 449 g/mol. The molecule has 172 valence electrons. The highest BCUT2D eigenvalue weighted by Gasteiger charge is 2.47. The fourth-order valence-electron chi connectivity index (χ4n) is 5.40. The summed E-state index contributed by atoms with van der Waals surface area (Å²) in [5.74, 6) is 1.43. The first kappa shape index (κ1) is 20.4. The van der Waals surface area contributed by atoms with Crippen LogP contribution in [0.3, 0.4) is 0 Å². The fraction of sp³-hybridized carbons (Fsp3) is 0.478. The first-order valence-corrected chi connectivity index (χ1v) is 11.4. The van der Waals surface area contributed by atoms with Crippen molar-refractivity contribution in [2.45, 2.75) is 31.9 Å². The SMILES string of the molecule is C[C@@H]1OCC2(CCN(c3cnc4c(N5CC(=O)N(C)c6ccccc65)n[nH]c4n3)CC2)[C@@H]1N. The number of nitrogens with zero attached hydrogens (tertiary/aromatic N) is 6. The number of hydrogen-bond donors (Lipinski definition) is 2. The summed E-state index contributed by atoms with van der Waals surface area (Å²) in [7, 11) is 1.79. The number of likely N-dealkylation sites (N-methyl/N-ethyl adjacent to an activating group) is 1. The molecule has 3 aromatic rings. The molecule has 2 atom stereocenters. The molecule has 3 aliphatic rings. The normalized spacial score (nSPS) is 24.7. The molecule has 1 aromatic carbocycles. The van der Waals surface area contributed by atoms with Gasteiger partial charge >= 0.3 is 0 Å². The summed E-state index contributed by atoms with van der Waals surface area (Å²) in [5, 5.41) is 7.52. The quantitative estimate of drug-likeness (QED) is 0.610. The Bertz CT molecular complexity index is 1220. The number of carbonyl (C=O) groups is 1. The van der Waals surface area contributed by atoms with Crippen LogP contribution in [-0.4, -0.2) is 71.5 Å². The van der Waals surface area contributed by atoms with Crippen LogP contribution >= 0.6 is 0 Å². The van der Waals surface area contributed by atoms with Crippen LogP contribution in [0.4, 0.5) is 23.0 Å². The van der Waals surface area contributed by atoms with Gasteiger partial charge in [-0.2, -0.15) is 5.10 Å². The first-order valence-electron chi connectivity index (χ1n) is 11.4. The predicted molar refractivity (Wildman–Crippen MR) is 126 cm³/mol. The number of ether oxygens (including phenoxy) is 1. The number of anilines is 4. The lowest BCUT2D eigenvalue weighted by Gasteiger charge is -2.41. The van der Waals surface area contributed by atoms with Gasteiger partial charge in [0.15, 0.2) is 17.0 Å². The number of para-hydroxylation sites is 2. The maximum absolute atomic E-state index is 12.6. The van der Waals surface area contributed by atoms with Crippen molar-refractivity contribution in [3.63, 3.8) is 0 Å². The molecule has 3 N–H and O–H groups in total. The predicted octanol–water partition coefficient (Wildman–Crippen LogP) is 1.80. The van der Waals surface area contributed by atoms with Crippen molar-refractivity contribution >= 4 is 40.1 Å². The van der Waals surface area contributed by atoms with Crippen LogP contribution in [0.2, 0.25) is 0 Å². The molecule has 0 unspecified atom stereocenters. The van der Waals surface area contributed by atoms with Crippen molar-refractivity contribution in [1.29, 1.82) is 0 Å². The van der Waals surface area contributed by atoms with Crippen molar-refractivity contribution in [2.75, 3.05) is 48.0 Å². The van der Waals surface area contributed by atoms with Gasteiger partial charge in [-0.15, -0.1) is 0 Å². The highest BCUT2D eigenvalue weighted by Crippen LogP contribution is 2.42. The Balaban J connectivity index is 1.27. The number of nitrogens with one attached hydrogen (secondary N) is 1. The number of carbonyl (C=O) groups excluding carboxylic acids is 1. The van der Waals surface area contributed by atoms with Crippen molar-refractivity contribution in [3.05, 3.63) is 30.5 Å². The number of nitrogens with two attached hydrogens (primary N) is 1. The summed E-state index contributed by atoms with van der Waals surface area (Å²) in [6.07, 6.45) is 3.87. The molecular formula is C23H28N8O2. The molecule has 0 radical (unpaired) electrons. The molecule has 1 spiro atoms. The van der Waals surface area contributed by atoms with Crippen molar-refractivity contribution in [3.8, 4) is 0 Å². The number of piperidine rings is 1. The van der Waals surface area contributed by atoms with Gasteiger partial charge < -0.3 is 25.2 Å². The monoisotopic (exact) mass is 448 g/mol. The lowest BCUT2D eigenvalue weighted by Crippen LogP contribution is -2.50. The maximum atomic E-state index is 12.6. The Kier molecular flexibility index (Phi) is 4.56. The largest absolute Gasteiger partial charge is 0.376 e. The van der Waals surface area contributed by atoms with Crippen molar-refractivity contribution in [2.24, 2.45) is 11.1 Å². The second kappa shape index (κ2) is 7.39. The van der Waals surface area contributed by atoms with E-state index < -0.39 is 0 Å². The van der Waals surface area contributed by atoms with Crippen LogP contribution in [0.15, 0.2) is 30.5 Å². The van der Waals surface area contributed by atoms with Crippen LogP contribution in [0.5, 0.6) is 0 Å². The Labute approximate surface area is 191 Å². The van der Waals surface area contributed by atoms with Gasteiger partial charge in [0.2, 0.25) is 5.91 Å². The second-order valence-corrected chi connectivity index (χ2v) is 9.39. The molecule has 2 saturated heterocycles. The summed E-state index contributed by atoms with van der Waals surface area (Å²) in [5.41, 5.74) is 9.55. The topological polar surface area (TPSA) is 116 Å². The summed E-state index contributed by atoms with van der Waals surface area (Å²) in [6, 6.07) is 7.89. The number of rotatable bonds is 2. The lowest BCUT2D eigenvalue weighted by atomic mass is 9.73. The zero-order chi connectivity index (χ0) is 22.7. The highest BCUT2D eigenvalue weighted by molar-refractivity contribution is 6.06. The average Bonchev–Trinajstić information content (AvgIpc) is 3.38. The summed E-state index contributed by atoms with van der Waals surface area (Å²) >= 11 is 0. The number of amides is 1. The minimum Gasteiger partial charge on any atom is -0.376 e. The molecule has 3 aliphatic heterocycles. The Hall–Kier alpha value is -3.24. The molecule has 10 nitrogen and oxygen atoms in total. The van der Waals surface area contributed by atoms with Gasteiger partial charge in [-0.05, 0) is 31.9 Å². The Morgan fingerprint density at radius 1 is 1.21 bits per heavy atom. The van der Waals surface area contributed by atoms with Gasteiger partial charge in [-0.1, -0.05) is 12.1 Å². The molecule has 1 amide bonds. The third-order valence-corrected chi connectivity index (χ3v) is 7.63. The maximum Gasteiger partial charge on any atom is 0.246 e. The second-order valence-electron chi connectivity index (χ2n) is 9.39. The van der Waals surface area contributed by atoms with Gasteiger partial charge in [0.1, 0.15) is 12.4 Å². The summed E-state index contributed by atoms with van der Waals surface area (Å²) < 4.78 is 5.84. The van der Waals surface area contributed by atoms with Crippen molar-refractivity contribution < 1.29 is 9.53 Å². The number of benzene rings is 1. The standard InChI is InChI=1S/C23H28N8O2/c1-14-20(24)23(13-33-14)7-9-30(10-8-23)17-11-25-19-21(26-17)27-28-22(19)31-12-18(32)29(2)15-5-3-4-6-16(15)31/h3-6,11,14,20H,7-10,12-13,24H2,1-2H3,(H,26,27,28)/t14-,20+/m0/s1. The number of hydrogen-bond acceptors (Lipinski definition) is 8. The van der Waals surface area contributed by atoms with E-state index in [9.17, 15) is 4.79 Å². The Morgan fingerprint density at radius 3 is 2.70 bits per heavy atom. The van der Waals surface area contributed by atoms with Crippen LogP contribution in [0, 0.1) is 5.41 Å². The Morgan fingerprint density at radius 2 is 1.97 bits per heavy atom. The van der Waals surface area contributed by atoms with Gasteiger partial charge in [0, 0.05) is 31.6 Å². The molecule has 33 heavy (non-hydrogen) atoms. The summed E-state index contributed by atoms with van der Waals surface area (Å²) in [4.78, 5) is 27.9. The molecule has 2 fully saturated rings. The fourth-order valence-corrected chi connectivity index (χ4v) is 5.40. The van der Waals surface area contributed by atoms with Crippen LogP contribution in [-0.2, 0) is 9.53 Å². The van der Waals surface area contributed by atoms with E-state index in [1.165, 1.54) is 0 Å². The number of H-pyrrole nitrogens is 1. The van der Waals surface area contributed by atoms with Crippen LogP contribution in [0.1, 0.15) is 19.8 Å². The molecule has 0 aliphatic carbocycles. The van der Waals surface area contributed by atoms with E-state index in [2.05, 4.69) is 22.0 Å². The zero-order valence-electron chi connectivity index (χ0n) is 18.9. The highest BCUT2D eigenvalue weighted by atomic mass is 16.5. The van der Waals surface area contributed by atoms with E-state index in [1.54, 1.807) is 18.1 Å². The van der Waals surface area contributed by atoms with Gasteiger partial charge in [0.25, 0.3) is 0 Å². The van der Waals surface area contributed by atoms with E-state index in [0.29, 0.717) is 17.0 Å². The minimum atomic E-state index is 0.0000869. The van der Waals surface area contributed by atoms with Gasteiger partial charge in [-0.25, -0.2) is 9.97 Å². The number of aromatic nitrogens is 4. The number of fused-ring (bicyclic) bond motifs is 2. The third kappa shape index (κ3) is 3.08. The molecule has 0 bridgehead atoms. The molecular weight excluding hydrogens is 420 g/mol. The van der Waals surface area contributed by atoms with Crippen molar-refractivity contribution in [1.82, 2.24) is 20.2 Å². The first-order chi connectivity index (χ1) is 16.0. The van der Waals surface area contributed by atoms with E-state index in [-0.39, 0.29) is 30.0 Å². The van der Waals surface area contributed by atoms with Crippen LogP contribution < -0.4 is 20.4 Å². The van der Waals surface area contributed by atoms with Crippen LogP contribution in [0.25, 0.3) is 11.2 Å². The van der Waals surface area contributed by atoms with E-state index >= 15 is 0 Å². The molecule has 0 saturated carbocycles. The van der Waals surface area contributed by atoms with E-state index in [1.807, 2.05) is 29.2 Å². The van der Waals surface area contributed by atoms with Gasteiger partial charge in [-0.3, -0.25) is 9.89 Å². The zero-order valence-corrected chi connectivity index (χ0v) is 18.9. The van der Waals surface area contributed by atoms with E-state index in [0.717, 1.165) is 49.7 Å². The molecule has 5 heterocycles. The third-order valence-electron chi connectivity index (χ3n) is 7.63. The number of aromatic amines is 1. The molecule has 2 aromatic heterocycles.